The predicted molar refractivity (Wildman–Crippen MR) is 67.9 cm³/mol. The summed E-state index contributed by atoms with van der Waals surface area (Å²) in [6.07, 6.45) is -1.20. The van der Waals surface area contributed by atoms with Crippen molar-refractivity contribution in [2.75, 3.05) is 4.90 Å². The van der Waals surface area contributed by atoms with E-state index in [1.165, 1.54) is 6.07 Å². The van der Waals surface area contributed by atoms with Crippen molar-refractivity contribution in [3.8, 4) is 0 Å². The minimum absolute atomic E-state index is 0.117. The van der Waals surface area contributed by atoms with Crippen LogP contribution >= 0.6 is 0 Å². The molecule has 1 aromatic carbocycles. The van der Waals surface area contributed by atoms with E-state index in [-0.39, 0.29) is 18.1 Å². The predicted octanol–water partition coefficient (Wildman–Crippen LogP) is 3.30. The van der Waals surface area contributed by atoms with Crippen molar-refractivity contribution in [2.24, 2.45) is 5.73 Å². The Bertz CT molecular complexity index is 500. The molecule has 2 unspecified atom stereocenters. The van der Waals surface area contributed by atoms with Crippen LogP contribution in [0.2, 0.25) is 0 Å². The van der Waals surface area contributed by atoms with Gasteiger partial charge in [0.2, 0.25) is 0 Å². The molecule has 20 heavy (non-hydrogen) atoms. The van der Waals surface area contributed by atoms with Crippen LogP contribution in [0.1, 0.15) is 31.2 Å². The molecule has 2 aliphatic heterocycles. The Labute approximate surface area is 114 Å². The van der Waals surface area contributed by atoms with Gasteiger partial charge in [-0.2, -0.15) is 13.2 Å². The fourth-order valence-electron chi connectivity index (χ4n) is 3.53. The number of hydrogen-bond acceptors (Lipinski definition) is 2. The van der Waals surface area contributed by atoms with Crippen LogP contribution in [0.15, 0.2) is 18.2 Å². The average molecular weight is 288 g/mol. The summed E-state index contributed by atoms with van der Waals surface area (Å²) in [4.78, 5) is 2.00. The van der Waals surface area contributed by atoms with E-state index >= 15 is 0 Å². The van der Waals surface area contributed by atoms with E-state index in [9.17, 15) is 17.6 Å². The number of nitrogens with zero attached hydrogens (tertiary/aromatic N) is 1. The molecule has 110 valence electrons. The summed E-state index contributed by atoms with van der Waals surface area (Å²) >= 11 is 0. The molecule has 2 bridgehead atoms. The van der Waals surface area contributed by atoms with Gasteiger partial charge >= 0.3 is 6.18 Å². The lowest BCUT2D eigenvalue weighted by Crippen LogP contribution is -2.47. The maximum atomic E-state index is 13.3. The average Bonchev–Trinajstić information content (AvgIpc) is 2.62. The van der Waals surface area contributed by atoms with Gasteiger partial charge in [-0.05, 0) is 43.9 Å². The Hall–Kier alpha value is -1.30. The summed E-state index contributed by atoms with van der Waals surface area (Å²) in [5, 5.41) is 0. The first kappa shape index (κ1) is 13.7. The molecule has 2 N–H and O–H groups in total. The number of fused-ring (bicyclic) bond motifs is 2. The van der Waals surface area contributed by atoms with E-state index in [0.717, 1.165) is 37.8 Å². The summed E-state index contributed by atoms with van der Waals surface area (Å²) in [6.45, 7) is 0. The first-order valence-corrected chi connectivity index (χ1v) is 6.77. The zero-order chi connectivity index (χ0) is 14.5. The van der Waals surface area contributed by atoms with Gasteiger partial charge in [-0.25, -0.2) is 4.39 Å². The van der Waals surface area contributed by atoms with Crippen LogP contribution in [0.25, 0.3) is 0 Å². The van der Waals surface area contributed by atoms with E-state index in [1.54, 1.807) is 0 Å². The zero-order valence-electron chi connectivity index (χ0n) is 10.8. The molecule has 2 fully saturated rings. The summed E-state index contributed by atoms with van der Waals surface area (Å²) in [5.74, 6) is -1.22. The molecular formula is C14H16F4N2. The van der Waals surface area contributed by atoms with Gasteiger partial charge in [0, 0.05) is 23.8 Å². The van der Waals surface area contributed by atoms with Crippen LogP contribution in [0.3, 0.4) is 0 Å². The standard InChI is InChI=1S/C14H16F4N2/c15-13-4-3-11(7-12(13)14(16,17)18)20-9-1-2-10(20)6-8(19)5-9/h3-4,7-10H,1-2,5-6,19H2. The molecule has 0 aliphatic carbocycles. The third-order valence-corrected chi connectivity index (χ3v) is 4.32. The molecule has 2 saturated heterocycles. The third-order valence-electron chi connectivity index (χ3n) is 4.32. The van der Waals surface area contributed by atoms with Gasteiger partial charge in [-0.3, -0.25) is 0 Å². The fraction of sp³-hybridized carbons (Fsp3) is 0.571. The molecule has 0 spiro atoms. The molecule has 2 atom stereocenters. The Morgan fingerprint density at radius 1 is 1.10 bits per heavy atom. The van der Waals surface area contributed by atoms with Gasteiger partial charge in [-0.15, -0.1) is 0 Å². The third kappa shape index (κ3) is 2.26. The first-order valence-electron chi connectivity index (χ1n) is 6.77. The van der Waals surface area contributed by atoms with Crippen molar-refractivity contribution in [2.45, 2.75) is 50.0 Å². The van der Waals surface area contributed by atoms with Crippen molar-refractivity contribution in [1.29, 1.82) is 0 Å². The molecule has 3 rings (SSSR count). The summed E-state index contributed by atoms with van der Waals surface area (Å²) in [5.41, 5.74) is 5.22. The number of rotatable bonds is 1. The quantitative estimate of drug-likeness (QED) is 0.803. The van der Waals surface area contributed by atoms with Crippen molar-refractivity contribution in [3.05, 3.63) is 29.6 Å². The SMILES string of the molecule is NC1CC2CCC(C1)N2c1ccc(F)c(C(F)(F)F)c1. The molecule has 0 radical (unpaired) electrons. The van der Waals surface area contributed by atoms with E-state index in [2.05, 4.69) is 0 Å². The van der Waals surface area contributed by atoms with Crippen molar-refractivity contribution < 1.29 is 17.6 Å². The maximum Gasteiger partial charge on any atom is 0.419 e. The topological polar surface area (TPSA) is 29.3 Å². The largest absolute Gasteiger partial charge is 0.419 e. The van der Waals surface area contributed by atoms with Crippen molar-refractivity contribution >= 4 is 5.69 Å². The van der Waals surface area contributed by atoms with Crippen LogP contribution in [0.5, 0.6) is 0 Å². The van der Waals surface area contributed by atoms with E-state index in [0.29, 0.717) is 5.69 Å². The van der Waals surface area contributed by atoms with Gasteiger partial charge in [0.25, 0.3) is 0 Å². The van der Waals surface area contributed by atoms with Crippen LogP contribution < -0.4 is 10.6 Å². The normalized spacial score (nSPS) is 29.9. The number of halogens is 4. The van der Waals surface area contributed by atoms with Crippen LogP contribution in [-0.4, -0.2) is 18.1 Å². The molecule has 1 aromatic rings. The highest BCUT2D eigenvalue weighted by atomic mass is 19.4. The lowest BCUT2D eigenvalue weighted by Gasteiger charge is -2.39. The van der Waals surface area contributed by atoms with Crippen molar-refractivity contribution in [3.63, 3.8) is 0 Å². The smallest absolute Gasteiger partial charge is 0.365 e. The Kier molecular flexibility index (Phi) is 3.16. The Morgan fingerprint density at radius 2 is 1.70 bits per heavy atom. The second kappa shape index (κ2) is 4.62. The van der Waals surface area contributed by atoms with Crippen LogP contribution in [0, 0.1) is 5.82 Å². The summed E-state index contributed by atoms with van der Waals surface area (Å²) in [6, 6.07) is 3.74. The fourth-order valence-corrected chi connectivity index (χ4v) is 3.53. The van der Waals surface area contributed by atoms with Crippen LogP contribution in [0.4, 0.5) is 23.2 Å². The number of anilines is 1. The number of hydrogen-bond donors (Lipinski definition) is 1. The highest BCUT2D eigenvalue weighted by Crippen LogP contribution is 2.41. The van der Waals surface area contributed by atoms with Gasteiger partial charge in [0.05, 0.1) is 5.56 Å². The Morgan fingerprint density at radius 3 is 2.25 bits per heavy atom. The van der Waals surface area contributed by atoms with E-state index < -0.39 is 17.6 Å². The minimum atomic E-state index is -4.66. The van der Waals surface area contributed by atoms with E-state index in [1.807, 2.05) is 4.90 Å². The highest BCUT2D eigenvalue weighted by molar-refractivity contribution is 5.53. The molecule has 2 aliphatic rings. The second-order valence-electron chi connectivity index (χ2n) is 5.69. The number of piperidine rings is 1. The molecule has 2 nitrogen and oxygen atoms in total. The second-order valence-corrected chi connectivity index (χ2v) is 5.69. The lowest BCUT2D eigenvalue weighted by molar-refractivity contribution is -0.139. The van der Waals surface area contributed by atoms with Gasteiger partial charge in [0.1, 0.15) is 5.82 Å². The summed E-state index contributed by atoms with van der Waals surface area (Å²) < 4.78 is 51.7. The van der Waals surface area contributed by atoms with Gasteiger partial charge in [0.15, 0.2) is 0 Å². The number of alkyl halides is 3. The number of benzene rings is 1. The molecule has 0 amide bonds. The molecular weight excluding hydrogens is 272 g/mol. The zero-order valence-corrected chi connectivity index (χ0v) is 10.8. The van der Waals surface area contributed by atoms with Gasteiger partial charge < -0.3 is 10.6 Å². The molecule has 0 saturated carbocycles. The summed E-state index contributed by atoms with van der Waals surface area (Å²) in [7, 11) is 0. The monoisotopic (exact) mass is 288 g/mol. The maximum absolute atomic E-state index is 13.3. The van der Waals surface area contributed by atoms with Gasteiger partial charge in [-0.1, -0.05) is 0 Å². The molecule has 6 heteroatoms. The van der Waals surface area contributed by atoms with Crippen LogP contribution in [-0.2, 0) is 6.18 Å². The van der Waals surface area contributed by atoms with E-state index in [4.69, 9.17) is 5.73 Å². The minimum Gasteiger partial charge on any atom is -0.365 e. The van der Waals surface area contributed by atoms with Crippen molar-refractivity contribution in [1.82, 2.24) is 0 Å². The number of nitrogens with two attached hydrogens (primary N) is 1. The molecule has 0 aromatic heterocycles. The first-order chi connectivity index (χ1) is 9.36. The lowest BCUT2D eigenvalue weighted by atomic mass is 9.97. The molecule has 2 heterocycles. The Balaban J connectivity index is 1.96. The highest BCUT2D eigenvalue weighted by Gasteiger charge is 2.41.